The lowest BCUT2D eigenvalue weighted by atomic mass is 10.0. The molecule has 0 radical (unpaired) electrons. The second kappa shape index (κ2) is 46.0. The highest BCUT2D eigenvalue weighted by Gasteiger charge is 2.18. The van der Waals surface area contributed by atoms with Crippen LogP contribution < -0.4 is 5.32 Å². The van der Waals surface area contributed by atoms with E-state index in [0.717, 1.165) is 57.8 Å². The summed E-state index contributed by atoms with van der Waals surface area (Å²) in [4.78, 5) is 24.4. The van der Waals surface area contributed by atoms with E-state index in [0.29, 0.717) is 19.4 Å². The molecule has 0 aliphatic carbocycles. The summed E-state index contributed by atoms with van der Waals surface area (Å²) >= 11 is 0. The van der Waals surface area contributed by atoms with Crippen LogP contribution in [0, 0.1) is 0 Å². The van der Waals surface area contributed by atoms with Crippen LogP contribution >= 0.6 is 0 Å². The minimum atomic E-state index is -0.850. The van der Waals surface area contributed by atoms with Gasteiger partial charge in [0, 0.05) is 12.8 Å². The van der Waals surface area contributed by atoms with E-state index in [2.05, 4.69) is 31.3 Å². The standard InChI is InChI=1S/C50H95NO5/c1-3-5-7-9-11-13-14-15-16-17-18-21-24-28-32-36-40-44-50(55)56-45-41-37-33-29-25-22-19-20-23-27-31-35-39-43-49(54)51-47(46-52)48(53)42-38-34-30-26-12-10-8-6-4-2/h15-16,38,42,47-48,52-53H,3-14,17-37,39-41,43-46H2,1-2H3,(H,51,54)/b16-15-,42-38+. The molecule has 0 spiro atoms. The van der Waals surface area contributed by atoms with Crippen LogP contribution in [-0.4, -0.2) is 47.4 Å². The van der Waals surface area contributed by atoms with E-state index in [1.165, 1.54) is 173 Å². The summed E-state index contributed by atoms with van der Waals surface area (Å²) in [5, 5.41) is 22.9. The van der Waals surface area contributed by atoms with Gasteiger partial charge in [0.05, 0.1) is 25.4 Å². The van der Waals surface area contributed by atoms with Crippen LogP contribution in [0.5, 0.6) is 0 Å². The molecule has 0 fully saturated rings. The van der Waals surface area contributed by atoms with Crippen molar-refractivity contribution in [2.75, 3.05) is 13.2 Å². The number of carbonyl (C=O) groups is 2. The number of hydrogen-bond acceptors (Lipinski definition) is 5. The van der Waals surface area contributed by atoms with E-state index in [1.807, 2.05) is 6.08 Å². The first-order chi connectivity index (χ1) is 27.5. The Morgan fingerprint density at radius 1 is 0.482 bits per heavy atom. The molecular weight excluding hydrogens is 695 g/mol. The van der Waals surface area contributed by atoms with Gasteiger partial charge in [-0.2, -0.15) is 0 Å². The fraction of sp³-hybridized carbons (Fsp3) is 0.880. The molecule has 2 unspecified atom stereocenters. The van der Waals surface area contributed by atoms with E-state index >= 15 is 0 Å². The Morgan fingerprint density at radius 2 is 0.839 bits per heavy atom. The normalized spacial score (nSPS) is 12.9. The van der Waals surface area contributed by atoms with Crippen molar-refractivity contribution in [3.8, 4) is 0 Å². The lowest BCUT2D eigenvalue weighted by Gasteiger charge is -2.20. The SMILES string of the molecule is CCCCCCCC/C=C\CCCCCCCCCC(=O)OCCCCCCCCCCCCCCCC(=O)NC(CO)C(O)/C=C/CCCCCCCCC. The summed E-state index contributed by atoms with van der Waals surface area (Å²) in [7, 11) is 0. The van der Waals surface area contributed by atoms with Gasteiger partial charge >= 0.3 is 5.97 Å². The summed E-state index contributed by atoms with van der Waals surface area (Å²) in [5.41, 5.74) is 0. The highest BCUT2D eigenvalue weighted by Crippen LogP contribution is 2.15. The Balaban J connectivity index is 3.44. The molecule has 6 nitrogen and oxygen atoms in total. The van der Waals surface area contributed by atoms with Crippen molar-refractivity contribution in [1.29, 1.82) is 0 Å². The molecular formula is C50H95NO5. The van der Waals surface area contributed by atoms with Crippen molar-refractivity contribution < 1.29 is 24.5 Å². The largest absolute Gasteiger partial charge is 0.466 e. The lowest BCUT2D eigenvalue weighted by Crippen LogP contribution is -2.45. The van der Waals surface area contributed by atoms with Crippen LogP contribution in [0.15, 0.2) is 24.3 Å². The van der Waals surface area contributed by atoms with Gasteiger partial charge in [-0.15, -0.1) is 0 Å². The van der Waals surface area contributed by atoms with Crippen molar-refractivity contribution in [2.45, 2.75) is 270 Å². The highest BCUT2D eigenvalue weighted by atomic mass is 16.5. The number of nitrogens with one attached hydrogen (secondary N) is 1. The lowest BCUT2D eigenvalue weighted by molar-refractivity contribution is -0.143. The number of carbonyl (C=O) groups excluding carboxylic acids is 2. The predicted molar refractivity (Wildman–Crippen MR) is 241 cm³/mol. The molecule has 0 aliphatic rings. The third kappa shape index (κ3) is 42.0. The fourth-order valence-corrected chi connectivity index (χ4v) is 7.39. The molecule has 0 aromatic rings. The molecule has 6 heteroatoms. The zero-order chi connectivity index (χ0) is 40.8. The monoisotopic (exact) mass is 790 g/mol. The maximum absolute atomic E-state index is 12.3. The molecule has 56 heavy (non-hydrogen) atoms. The fourth-order valence-electron chi connectivity index (χ4n) is 7.39. The van der Waals surface area contributed by atoms with Crippen molar-refractivity contribution in [1.82, 2.24) is 5.32 Å². The summed E-state index contributed by atoms with van der Waals surface area (Å²) in [6.07, 6.45) is 53.2. The molecule has 0 saturated heterocycles. The van der Waals surface area contributed by atoms with Gasteiger partial charge in [0.1, 0.15) is 0 Å². The predicted octanol–water partition coefficient (Wildman–Crippen LogP) is 14.3. The topological polar surface area (TPSA) is 95.9 Å². The molecule has 1 amide bonds. The Labute approximate surface area is 348 Å². The van der Waals surface area contributed by atoms with E-state index in [9.17, 15) is 19.8 Å². The van der Waals surface area contributed by atoms with Crippen molar-refractivity contribution in [2.24, 2.45) is 0 Å². The number of amides is 1. The highest BCUT2D eigenvalue weighted by molar-refractivity contribution is 5.76. The van der Waals surface area contributed by atoms with Crippen LogP contribution in [0.4, 0.5) is 0 Å². The second-order valence-electron chi connectivity index (χ2n) is 16.8. The minimum Gasteiger partial charge on any atom is -0.466 e. The van der Waals surface area contributed by atoms with E-state index in [4.69, 9.17) is 4.74 Å². The van der Waals surface area contributed by atoms with E-state index < -0.39 is 12.1 Å². The minimum absolute atomic E-state index is 0.0111. The summed E-state index contributed by atoms with van der Waals surface area (Å²) < 4.78 is 5.46. The number of esters is 1. The molecule has 0 rings (SSSR count). The molecule has 0 saturated carbocycles. The quantitative estimate of drug-likeness (QED) is 0.0324. The average molecular weight is 790 g/mol. The van der Waals surface area contributed by atoms with Crippen LogP contribution in [0.25, 0.3) is 0 Å². The first kappa shape index (κ1) is 54.3. The maximum atomic E-state index is 12.3. The van der Waals surface area contributed by atoms with Gasteiger partial charge in [-0.1, -0.05) is 212 Å². The Hall–Kier alpha value is -1.66. The summed E-state index contributed by atoms with van der Waals surface area (Å²) in [6, 6.07) is -0.635. The molecule has 3 N–H and O–H groups in total. The van der Waals surface area contributed by atoms with Crippen molar-refractivity contribution >= 4 is 11.9 Å². The molecule has 330 valence electrons. The molecule has 0 aliphatic heterocycles. The maximum Gasteiger partial charge on any atom is 0.305 e. The Bertz CT molecular complexity index is 874. The first-order valence-electron chi connectivity index (χ1n) is 24.6. The molecule has 0 aromatic heterocycles. The Kier molecular flexibility index (Phi) is 44.7. The van der Waals surface area contributed by atoms with Crippen molar-refractivity contribution in [3.63, 3.8) is 0 Å². The van der Waals surface area contributed by atoms with Gasteiger partial charge in [-0.3, -0.25) is 9.59 Å². The number of ether oxygens (including phenoxy) is 1. The van der Waals surface area contributed by atoms with E-state index in [1.54, 1.807) is 6.08 Å². The molecule has 2 atom stereocenters. The van der Waals surface area contributed by atoms with Crippen LogP contribution in [0.1, 0.15) is 258 Å². The smallest absolute Gasteiger partial charge is 0.305 e. The summed E-state index contributed by atoms with van der Waals surface area (Å²) in [6.45, 7) is 4.83. The van der Waals surface area contributed by atoms with Gasteiger partial charge in [-0.05, 0) is 57.8 Å². The zero-order valence-corrected chi connectivity index (χ0v) is 37.4. The molecule has 0 bridgehead atoms. The number of aliphatic hydroxyl groups is 2. The van der Waals surface area contributed by atoms with Crippen molar-refractivity contribution in [3.05, 3.63) is 24.3 Å². The van der Waals surface area contributed by atoms with Gasteiger partial charge in [-0.25, -0.2) is 0 Å². The zero-order valence-electron chi connectivity index (χ0n) is 37.4. The Morgan fingerprint density at radius 3 is 1.27 bits per heavy atom. The first-order valence-corrected chi connectivity index (χ1v) is 24.6. The molecule has 0 aromatic carbocycles. The number of allylic oxidation sites excluding steroid dienone is 3. The molecule has 0 heterocycles. The number of rotatable bonds is 45. The van der Waals surface area contributed by atoms with Crippen LogP contribution in [0.2, 0.25) is 0 Å². The third-order valence-electron chi connectivity index (χ3n) is 11.2. The number of aliphatic hydroxyl groups excluding tert-OH is 2. The second-order valence-corrected chi connectivity index (χ2v) is 16.8. The third-order valence-corrected chi connectivity index (χ3v) is 11.2. The van der Waals surface area contributed by atoms with Gasteiger partial charge in [0.25, 0.3) is 0 Å². The average Bonchev–Trinajstić information content (AvgIpc) is 3.20. The van der Waals surface area contributed by atoms with Crippen LogP contribution in [0.3, 0.4) is 0 Å². The van der Waals surface area contributed by atoms with Gasteiger partial charge < -0.3 is 20.3 Å². The van der Waals surface area contributed by atoms with E-state index in [-0.39, 0.29) is 18.5 Å². The number of hydrogen-bond donors (Lipinski definition) is 3. The van der Waals surface area contributed by atoms with Gasteiger partial charge in [0.2, 0.25) is 5.91 Å². The van der Waals surface area contributed by atoms with Gasteiger partial charge in [0.15, 0.2) is 0 Å². The van der Waals surface area contributed by atoms with Crippen LogP contribution in [-0.2, 0) is 14.3 Å². The number of unbranched alkanes of at least 4 members (excludes halogenated alkanes) is 32. The summed E-state index contributed by atoms with van der Waals surface area (Å²) in [5.74, 6) is -0.0952.